The zero-order chi connectivity index (χ0) is 18.6. The van der Waals surface area contributed by atoms with E-state index in [9.17, 15) is 4.79 Å². The number of amides is 1. The van der Waals surface area contributed by atoms with Crippen molar-refractivity contribution in [2.24, 2.45) is 0 Å². The number of hydrogen-bond acceptors (Lipinski definition) is 5. The van der Waals surface area contributed by atoms with Gasteiger partial charge in [0.1, 0.15) is 0 Å². The molecule has 27 heavy (non-hydrogen) atoms. The van der Waals surface area contributed by atoms with Crippen molar-refractivity contribution in [1.29, 1.82) is 0 Å². The van der Waals surface area contributed by atoms with E-state index in [-0.39, 0.29) is 5.91 Å². The number of nitrogens with one attached hydrogen (secondary N) is 1. The molecule has 1 amide bonds. The summed E-state index contributed by atoms with van der Waals surface area (Å²) >= 11 is 1.51. The van der Waals surface area contributed by atoms with Crippen LogP contribution in [0.1, 0.15) is 12.5 Å². The molecule has 3 aromatic carbocycles. The number of carbonyl (C=O) groups excluding carboxylic acids is 1. The maximum atomic E-state index is 11.2. The van der Waals surface area contributed by atoms with Gasteiger partial charge in [0.25, 0.3) is 5.22 Å². The second-order valence-electron chi connectivity index (χ2n) is 6.06. The van der Waals surface area contributed by atoms with Crippen molar-refractivity contribution < 1.29 is 9.21 Å². The Hall–Kier alpha value is -3.12. The largest absolute Gasteiger partial charge is 0.411 e. The van der Waals surface area contributed by atoms with E-state index in [0.717, 1.165) is 11.3 Å². The number of thioether (sulfide) groups is 1. The van der Waals surface area contributed by atoms with Gasteiger partial charge in [-0.05, 0) is 34.5 Å². The third kappa shape index (κ3) is 4.01. The van der Waals surface area contributed by atoms with Crippen LogP contribution < -0.4 is 5.32 Å². The van der Waals surface area contributed by atoms with Crippen LogP contribution in [0, 0.1) is 0 Å². The maximum absolute atomic E-state index is 11.2. The van der Waals surface area contributed by atoms with Gasteiger partial charge in [0.15, 0.2) is 0 Å². The molecule has 6 heteroatoms. The lowest BCUT2D eigenvalue weighted by molar-refractivity contribution is -0.114. The first-order valence-corrected chi connectivity index (χ1v) is 9.48. The van der Waals surface area contributed by atoms with Crippen molar-refractivity contribution in [2.45, 2.75) is 17.9 Å². The van der Waals surface area contributed by atoms with E-state index in [1.807, 2.05) is 36.4 Å². The molecule has 0 aliphatic rings. The van der Waals surface area contributed by atoms with Gasteiger partial charge in [0.05, 0.1) is 0 Å². The van der Waals surface area contributed by atoms with Gasteiger partial charge in [-0.15, -0.1) is 10.2 Å². The van der Waals surface area contributed by atoms with Gasteiger partial charge in [-0.25, -0.2) is 0 Å². The first kappa shape index (κ1) is 17.3. The van der Waals surface area contributed by atoms with Crippen molar-refractivity contribution in [3.8, 4) is 11.5 Å². The predicted molar refractivity (Wildman–Crippen MR) is 108 cm³/mol. The highest BCUT2D eigenvalue weighted by Gasteiger charge is 2.11. The molecule has 1 aromatic heterocycles. The molecule has 0 saturated heterocycles. The van der Waals surface area contributed by atoms with Crippen molar-refractivity contribution in [3.05, 3.63) is 72.3 Å². The van der Waals surface area contributed by atoms with Crippen LogP contribution in [0.15, 0.2) is 76.4 Å². The first-order valence-electron chi connectivity index (χ1n) is 8.50. The standard InChI is InChI=1S/C21H17N3O2S/c1-14(25)22-18-10-5-8-16(12-18)20-23-24-21(26-20)27-13-17-9-4-7-15-6-2-3-11-19(15)17/h2-12H,13H2,1H3,(H,22,25). The maximum Gasteiger partial charge on any atom is 0.277 e. The molecule has 5 nitrogen and oxygen atoms in total. The van der Waals surface area contributed by atoms with Crippen LogP contribution in [0.2, 0.25) is 0 Å². The summed E-state index contributed by atoms with van der Waals surface area (Å²) in [5.41, 5.74) is 2.69. The van der Waals surface area contributed by atoms with Crippen LogP contribution in [0.3, 0.4) is 0 Å². The second-order valence-corrected chi connectivity index (χ2v) is 6.99. The van der Waals surface area contributed by atoms with Gasteiger partial charge < -0.3 is 9.73 Å². The Kier molecular flexibility index (Phi) is 4.89. The Labute approximate surface area is 160 Å². The molecule has 0 spiro atoms. The molecule has 0 saturated carbocycles. The Morgan fingerprint density at radius 2 is 1.85 bits per heavy atom. The summed E-state index contributed by atoms with van der Waals surface area (Å²) in [6.07, 6.45) is 0. The lowest BCUT2D eigenvalue weighted by atomic mass is 10.1. The van der Waals surface area contributed by atoms with E-state index in [0.29, 0.717) is 16.8 Å². The van der Waals surface area contributed by atoms with Crippen LogP contribution in [0.4, 0.5) is 5.69 Å². The van der Waals surface area contributed by atoms with E-state index in [4.69, 9.17) is 4.42 Å². The van der Waals surface area contributed by atoms with Crippen LogP contribution in [-0.2, 0) is 10.5 Å². The highest BCUT2D eigenvalue weighted by molar-refractivity contribution is 7.98. The zero-order valence-corrected chi connectivity index (χ0v) is 15.5. The van der Waals surface area contributed by atoms with Crippen LogP contribution in [0.25, 0.3) is 22.2 Å². The van der Waals surface area contributed by atoms with E-state index in [2.05, 4.69) is 45.8 Å². The van der Waals surface area contributed by atoms with Crippen molar-refractivity contribution in [1.82, 2.24) is 10.2 Å². The predicted octanol–water partition coefficient (Wildman–Crippen LogP) is 5.14. The van der Waals surface area contributed by atoms with Gasteiger partial charge in [-0.1, -0.05) is 60.3 Å². The lowest BCUT2D eigenvalue weighted by Crippen LogP contribution is -2.05. The zero-order valence-electron chi connectivity index (χ0n) is 14.7. The molecule has 0 bridgehead atoms. The van der Waals surface area contributed by atoms with E-state index >= 15 is 0 Å². The number of nitrogens with zero attached hydrogens (tertiary/aromatic N) is 2. The normalized spacial score (nSPS) is 10.9. The van der Waals surface area contributed by atoms with Crippen molar-refractivity contribution in [3.63, 3.8) is 0 Å². The summed E-state index contributed by atoms with van der Waals surface area (Å²) in [7, 11) is 0. The molecule has 0 radical (unpaired) electrons. The van der Waals surface area contributed by atoms with Crippen LogP contribution in [0.5, 0.6) is 0 Å². The quantitative estimate of drug-likeness (QED) is 0.489. The molecule has 4 rings (SSSR count). The van der Waals surface area contributed by atoms with E-state index in [1.54, 1.807) is 0 Å². The molecule has 0 aliphatic heterocycles. The second kappa shape index (κ2) is 7.63. The minimum absolute atomic E-state index is 0.121. The van der Waals surface area contributed by atoms with Gasteiger partial charge in [-0.3, -0.25) is 4.79 Å². The molecule has 0 fully saturated rings. The summed E-state index contributed by atoms with van der Waals surface area (Å²) in [4.78, 5) is 11.2. The molecule has 4 aromatic rings. The Morgan fingerprint density at radius 3 is 2.74 bits per heavy atom. The fourth-order valence-corrected chi connectivity index (χ4v) is 3.64. The molecule has 1 heterocycles. The van der Waals surface area contributed by atoms with Gasteiger partial charge in [-0.2, -0.15) is 0 Å². The third-order valence-electron chi connectivity index (χ3n) is 4.07. The average Bonchev–Trinajstić information content (AvgIpc) is 3.15. The smallest absolute Gasteiger partial charge is 0.277 e. The highest BCUT2D eigenvalue weighted by atomic mass is 32.2. The Morgan fingerprint density at radius 1 is 1.04 bits per heavy atom. The molecular formula is C21H17N3O2S. The number of hydrogen-bond donors (Lipinski definition) is 1. The number of fused-ring (bicyclic) bond motifs is 1. The van der Waals surface area contributed by atoms with Crippen molar-refractivity contribution in [2.75, 3.05) is 5.32 Å². The van der Waals surface area contributed by atoms with E-state index in [1.165, 1.54) is 35.0 Å². The number of rotatable bonds is 5. The molecule has 1 N–H and O–H groups in total. The minimum atomic E-state index is -0.121. The topological polar surface area (TPSA) is 68.0 Å². The Balaban J connectivity index is 1.51. The molecule has 0 unspecified atom stereocenters. The first-order chi connectivity index (χ1) is 13.2. The summed E-state index contributed by atoms with van der Waals surface area (Å²) < 4.78 is 5.79. The monoisotopic (exact) mass is 375 g/mol. The highest BCUT2D eigenvalue weighted by Crippen LogP contribution is 2.29. The molecule has 134 valence electrons. The number of benzene rings is 3. The number of aromatic nitrogens is 2. The number of anilines is 1. The fraction of sp³-hybridized carbons (Fsp3) is 0.0952. The SMILES string of the molecule is CC(=O)Nc1cccc(-c2nnc(SCc3cccc4ccccc34)o2)c1. The summed E-state index contributed by atoms with van der Waals surface area (Å²) in [6.45, 7) is 1.47. The van der Waals surface area contributed by atoms with E-state index < -0.39 is 0 Å². The number of carbonyl (C=O) groups is 1. The fourth-order valence-electron chi connectivity index (χ4n) is 2.88. The van der Waals surface area contributed by atoms with Crippen LogP contribution in [-0.4, -0.2) is 16.1 Å². The minimum Gasteiger partial charge on any atom is -0.411 e. The average molecular weight is 375 g/mol. The Bertz CT molecular complexity index is 1100. The van der Waals surface area contributed by atoms with Crippen molar-refractivity contribution >= 4 is 34.1 Å². The summed E-state index contributed by atoms with van der Waals surface area (Å²) in [6, 6.07) is 21.9. The van der Waals surface area contributed by atoms with Gasteiger partial charge in [0, 0.05) is 23.9 Å². The van der Waals surface area contributed by atoms with Gasteiger partial charge in [0.2, 0.25) is 11.8 Å². The summed E-state index contributed by atoms with van der Waals surface area (Å²) in [5, 5.41) is 14.0. The molecular weight excluding hydrogens is 358 g/mol. The summed E-state index contributed by atoms with van der Waals surface area (Å²) in [5.74, 6) is 1.06. The molecule has 0 atom stereocenters. The van der Waals surface area contributed by atoms with Crippen LogP contribution >= 0.6 is 11.8 Å². The molecule has 0 aliphatic carbocycles. The van der Waals surface area contributed by atoms with Gasteiger partial charge >= 0.3 is 0 Å². The lowest BCUT2D eigenvalue weighted by Gasteiger charge is -2.04. The third-order valence-corrected chi connectivity index (χ3v) is 4.93.